The van der Waals surface area contributed by atoms with Crippen molar-refractivity contribution in [2.45, 2.75) is 25.3 Å². The van der Waals surface area contributed by atoms with E-state index in [1.807, 2.05) is 31.2 Å². The van der Waals surface area contributed by atoms with E-state index in [0.717, 1.165) is 11.3 Å². The number of ether oxygens (including phenoxy) is 2. The van der Waals surface area contributed by atoms with E-state index in [9.17, 15) is 4.79 Å². The molecular formula is C16H24N2O3. The lowest BCUT2D eigenvalue weighted by atomic mass is 9.90. The summed E-state index contributed by atoms with van der Waals surface area (Å²) in [6, 6.07) is 7.84. The van der Waals surface area contributed by atoms with Gasteiger partial charge in [-0.3, -0.25) is 4.79 Å². The summed E-state index contributed by atoms with van der Waals surface area (Å²) in [6.45, 7) is 4.08. The van der Waals surface area contributed by atoms with Gasteiger partial charge in [0.1, 0.15) is 12.4 Å². The van der Waals surface area contributed by atoms with Gasteiger partial charge in [-0.25, -0.2) is 0 Å². The zero-order valence-electron chi connectivity index (χ0n) is 12.8. The fourth-order valence-electron chi connectivity index (χ4n) is 2.44. The molecule has 1 fully saturated rings. The van der Waals surface area contributed by atoms with Crippen LogP contribution in [-0.2, 0) is 9.53 Å². The van der Waals surface area contributed by atoms with Gasteiger partial charge in [-0.1, -0.05) is 18.2 Å². The lowest BCUT2D eigenvalue weighted by molar-refractivity contribution is -0.139. The number of carbonyl (C=O) groups excluding carboxylic acids is 1. The minimum absolute atomic E-state index is 0.0285. The molecule has 2 N–H and O–H groups in total. The van der Waals surface area contributed by atoms with Crippen LogP contribution in [0.1, 0.15) is 18.4 Å². The third kappa shape index (κ3) is 3.95. The van der Waals surface area contributed by atoms with E-state index in [-0.39, 0.29) is 5.91 Å². The number of likely N-dealkylation sites (N-methyl/N-ethyl adjacent to an activating group) is 1. The Bertz CT molecular complexity index is 484. The molecule has 5 nitrogen and oxygen atoms in total. The van der Waals surface area contributed by atoms with E-state index in [2.05, 4.69) is 0 Å². The number of nitrogens with two attached hydrogens (primary N) is 1. The molecule has 5 heteroatoms. The number of rotatable bonds is 5. The minimum atomic E-state index is -0.782. The Hall–Kier alpha value is -1.59. The van der Waals surface area contributed by atoms with Crippen molar-refractivity contribution in [1.29, 1.82) is 0 Å². The second kappa shape index (κ2) is 6.91. The fourth-order valence-corrected chi connectivity index (χ4v) is 2.44. The molecule has 1 aliphatic rings. The summed E-state index contributed by atoms with van der Waals surface area (Å²) in [6.07, 6.45) is 1.16. The largest absolute Gasteiger partial charge is 0.491 e. The second-order valence-corrected chi connectivity index (χ2v) is 5.61. The highest BCUT2D eigenvalue weighted by molar-refractivity contribution is 5.86. The van der Waals surface area contributed by atoms with Crippen molar-refractivity contribution in [3.63, 3.8) is 0 Å². The SMILES string of the molecule is Cc1ccccc1OCCN(C)C(=O)C1(N)CCOCC1. The number of amides is 1. The number of benzene rings is 1. The molecule has 21 heavy (non-hydrogen) atoms. The lowest BCUT2D eigenvalue weighted by Gasteiger charge is -2.35. The smallest absolute Gasteiger partial charge is 0.242 e. The Morgan fingerprint density at radius 3 is 2.71 bits per heavy atom. The van der Waals surface area contributed by atoms with Crippen molar-refractivity contribution >= 4 is 5.91 Å². The van der Waals surface area contributed by atoms with Gasteiger partial charge >= 0.3 is 0 Å². The summed E-state index contributed by atoms with van der Waals surface area (Å²) >= 11 is 0. The maximum atomic E-state index is 12.4. The molecule has 0 aliphatic carbocycles. The first-order chi connectivity index (χ1) is 10.0. The highest BCUT2D eigenvalue weighted by Gasteiger charge is 2.37. The van der Waals surface area contributed by atoms with E-state index in [0.29, 0.717) is 39.2 Å². The van der Waals surface area contributed by atoms with Crippen LogP contribution in [0.25, 0.3) is 0 Å². The predicted molar refractivity (Wildman–Crippen MR) is 81.3 cm³/mol. The second-order valence-electron chi connectivity index (χ2n) is 5.61. The van der Waals surface area contributed by atoms with Crippen LogP contribution in [0.15, 0.2) is 24.3 Å². The Morgan fingerprint density at radius 1 is 1.38 bits per heavy atom. The summed E-state index contributed by atoms with van der Waals surface area (Å²) < 4.78 is 11.0. The molecule has 1 amide bonds. The highest BCUT2D eigenvalue weighted by atomic mass is 16.5. The maximum absolute atomic E-state index is 12.4. The van der Waals surface area contributed by atoms with E-state index in [1.165, 1.54) is 0 Å². The van der Waals surface area contributed by atoms with Crippen LogP contribution in [0.4, 0.5) is 0 Å². The van der Waals surface area contributed by atoms with Crippen molar-refractivity contribution < 1.29 is 14.3 Å². The van der Waals surface area contributed by atoms with Gasteiger partial charge in [0, 0.05) is 20.3 Å². The molecule has 0 spiro atoms. The van der Waals surface area contributed by atoms with Crippen molar-refractivity contribution in [1.82, 2.24) is 4.90 Å². The Morgan fingerprint density at radius 2 is 2.05 bits per heavy atom. The van der Waals surface area contributed by atoms with Crippen LogP contribution in [0.2, 0.25) is 0 Å². The number of para-hydroxylation sites is 1. The van der Waals surface area contributed by atoms with Gasteiger partial charge in [-0.15, -0.1) is 0 Å². The van der Waals surface area contributed by atoms with Gasteiger partial charge in [0.25, 0.3) is 0 Å². The van der Waals surface area contributed by atoms with Gasteiger partial charge in [-0.2, -0.15) is 0 Å². The molecule has 1 aliphatic heterocycles. The summed E-state index contributed by atoms with van der Waals surface area (Å²) in [7, 11) is 1.77. The molecule has 2 rings (SSSR count). The van der Waals surface area contributed by atoms with Crippen LogP contribution in [-0.4, -0.2) is 49.8 Å². The summed E-state index contributed by atoms with van der Waals surface area (Å²) in [4.78, 5) is 14.1. The van der Waals surface area contributed by atoms with Crippen LogP contribution < -0.4 is 10.5 Å². The average Bonchev–Trinajstić information content (AvgIpc) is 2.49. The molecule has 0 bridgehead atoms. The van der Waals surface area contributed by atoms with Crippen LogP contribution in [0.3, 0.4) is 0 Å². The summed E-state index contributed by atoms with van der Waals surface area (Å²) in [5.74, 6) is 0.825. The molecule has 0 unspecified atom stereocenters. The molecule has 0 atom stereocenters. The van der Waals surface area contributed by atoms with E-state index >= 15 is 0 Å². The first-order valence-corrected chi connectivity index (χ1v) is 7.33. The molecular weight excluding hydrogens is 268 g/mol. The van der Waals surface area contributed by atoms with Crippen LogP contribution in [0.5, 0.6) is 5.75 Å². The van der Waals surface area contributed by atoms with Gasteiger partial charge < -0.3 is 20.1 Å². The Balaban J connectivity index is 1.83. The van der Waals surface area contributed by atoms with Crippen molar-refractivity contribution in [3.05, 3.63) is 29.8 Å². The quantitative estimate of drug-likeness (QED) is 0.889. The monoisotopic (exact) mass is 292 g/mol. The number of aryl methyl sites for hydroxylation is 1. The topological polar surface area (TPSA) is 64.8 Å². The van der Waals surface area contributed by atoms with Crippen molar-refractivity contribution in [2.75, 3.05) is 33.4 Å². The third-order valence-corrected chi connectivity index (χ3v) is 3.94. The molecule has 0 aromatic heterocycles. The van der Waals surface area contributed by atoms with E-state index in [4.69, 9.17) is 15.2 Å². The molecule has 1 aromatic rings. The normalized spacial score (nSPS) is 17.3. The highest BCUT2D eigenvalue weighted by Crippen LogP contribution is 2.20. The standard InChI is InChI=1S/C16H24N2O3/c1-13-5-3-4-6-14(13)21-12-9-18(2)15(19)16(17)7-10-20-11-8-16/h3-6H,7-12,17H2,1-2H3. The van der Waals surface area contributed by atoms with Crippen LogP contribution in [0, 0.1) is 6.92 Å². The summed E-state index contributed by atoms with van der Waals surface area (Å²) in [5, 5.41) is 0. The number of nitrogens with zero attached hydrogens (tertiary/aromatic N) is 1. The van der Waals surface area contributed by atoms with Crippen molar-refractivity contribution in [2.24, 2.45) is 5.73 Å². The molecule has 116 valence electrons. The fraction of sp³-hybridized carbons (Fsp3) is 0.562. The minimum Gasteiger partial charge on any atom is -0.491 e. The number of hydrogen-bond acceptors (Lipinski definition) is 4. The molecule has 1 saturated heterocycles. The predicted octanol–water partition coefficient (Wildman–Crippen LogP) is 1.34. The average molecular weight is 292 g/mol. The van der Waals surface area contributed by atoms with Gasteiger partial charge in [-0.05, 0) is 31.4 Å². The first-order valence-electron chi connectivity index (χ1n) is 7.33. The molecule has 0 radical (unpaired) electrons. The van der Waals surface area contributed by atoms with Crippen LogP contribution >= 0.6 is 0 Å². The Labute approximate surface area is 126 Å². The molecule has 1 heterocycles. The molecule has 0 saturated carbocycles. The van der Waals surface area contributed by atoms with E-state index < -0.39 is 5.54 Å². The lowest BCUT2D eigenvalue weighted by Crippen LogP contribution is -2.57. The number of carbonyl (C=O) groups is 1. The number of hydrogen-bond donors (Lipinski definition) is 1. The third-order valence-electron chi connectivity index (χ3n) is 3.94. The van der Waals surface area contributed by atoms with Gasteiger partial charge in [0.15, 0.2) is 0 Å². The zero-order valence-corrected chi connectivity index (χ0v) is 12.8. The maximum Gasteiger partial charge on any atom is 0.242 e. The zero-order chi connectivity index (χ0) is 15.3. The van der Waals surface area contributed by atoms with Gasteiger partial charge in [0.05, 0.1) is 12.1 Å². The Kier molecular flexibility index (Phi) is 5.20. The van der Waals surface area contributed by atoms with E-state index in [1.54, 1.807) is 11.9 Å². The van der Waals surface area contributed by atoms with Crippen molar-refractivity contribution in [3.8, 4) is 5.75 Å². The summed E-state index contributed by atoms with van der Waals surface area (Å²) in [5.41, 5.74) is 6.51. The first kappa shape index (κ1) is 15.8. The van der Waals surface area contributed by atoms with Gasteiger partial charge in [0.2, 0.25) is 5.91 Å². The molecule has 1 aromatic carbocycles.